The number of quaternary nitrogens is 1. The highest BCUT2D eigenvalue weighted by Crippen LogP contribution is 2.36. The third-order valence-corrected chi connectivity index (χ3v) is 12.2. The minimum Gasteiger partial charge on any atom is -0.491 e. The van der Waals surface area contributed by atoms with Crippen LogP contribution in [0.5, 0.6) is 5.75 Å². The second-order valence-electron chi connectivity index (χ2n) is 15.0. The van der Waals surface area contributed by atoms with Crippen molar-refractivity contribution in [2.75, 3.05) is 68.9 Å². The highest BCUT2D eigenvalue weighted by Gasteiger charge is 2.25. The van der Waals surface area contributed by atoms with Gasteiger partial charge in [-0.05, 0) is 93.3 Å². The van der Waals surface area contributed by atoms with E-state index in [1.54, 1.807) is 23.5 Å². The fourth-order valence-corrected chi connectivity index (χ4v) is 8.89. The van der Waals surface area contributed by atoms with Crippen LogP contribution in [-0.4, -0.2) is 90.8 Å². The quantitative estimate of drug-likeness (QED) is 0.0243. The first-order valence-corrected chi connectivity index (χ1v) is 21.6. The van der Waals surface area contributed by atoms with Gasteiger partial charge in [0.2, 0.25) is 0 Å². The Balaban J connectivity index is 1.03. The normalized spacial score (nSPS) is 12.8. The molecular weight excluding hydrogens is 812 g/mol. The minimum atomic E-state index is -1.16. The number of halogens is 1. The number of benzene rings is 3. The topological polar surface area (TPSA) is 134 Å². The molecule has 0 saturated carbocycles. The molecule has 3 heterocycles. The van der Waals surface area contributed by atoms with Crippen LogP contribution in [0.25, 0.3) is 10.2 Å². The molecule has 0 spiro atoms. The van der Waals surface area contributed by atoms with E-state index in [1.165, 1.54) is 17.8 Å². The molecule has 0 bridgehead atoms. The highest BCUT2D eigenvalue weighted by molar-refractivity contribution is 8.03. The van der Waals surface area contributed by atoms with Crippen LogP contribution in [0.4, 0.5) is 26.8 Å². The van der Waals surface area contributed by atoms with Crippen LogP contribution < -0.4 is 20.3 Å². The maximum absolute atomic E-state index is 15.2. The number of thioether (sulfide) groups is 1. The lowest BCUT2D eigenvalue weighted by atomic mass is 10.0. The molecule has 0 amide bonds. The molecule has 0 fully saturated rings. The number of fused-ring (bicyclic) bond motifs is 2. The number of thiazole rings is 1. The third kappa shape index (κ3) is 11.9. The zero-order valence-electron chi connectivity index (χ0n) is 34.9. The van der Waals surface area contributed by atoms with Gasteiger partial charge in [0.05, 0.1) is 43.4 Å². The number of nitrogens with one attached hydrogen (secondary N) is 2. The second-order valence-corrected chi connectivity index (χ2v) is 17.1. The van der Waals surface area contributed by atoms with Crippen LogP contribution >= 0.6 is 23.1 Å². The summed E-state index contributed by atoms with van der Waals surface area (Å²) in [5, 5.41) is 26.4. The number of para-hydroxylation sites is 1. The van der Waals surface area contributed by atoms with E-state index in [-0.39, 0.29) is 24.7 Å². The lowest BCUT2D eigenvalue weighted by Crippen LogP contribution is -2.39. The van der Waals surface area contributed by atoms with Crippen molar-refractivity contribution in [3.05, 3.63) is 105 Å². The van der Waals surface area contributed by atoms with Crippen molar-refractivity contribution in [3.8, 4) is 29.9 Å². The van der Waals surface area contributed by atoms with Gasteiger partial charge >= 0.3 is 5.97 Å². The average Bonchev–Trinajstić information content (AvgIpc) is 3.66. The van der Waals surface area contributed by atoms with E-state index in [4.69, 9.17) is 15.9 Å². The zero-order valence-corrected chi connectivity index (χ0v) is 36.5. The lowest BCUT2D eigenvalue weighted by Gasteiger charge is -2.30. The van der Waals surface area contributed by atoms with Crippen molar-refractivity contribution in [1.29, 1.82) is 0 Å². The van der Waals surface area contributed by atoms with Crippen LogP contribution in [0.2, 0.25) is 0 Å². The number of ether oxygens (including phenoxy) is 2. The number of rotatable bonds is 19. The number of hydrogen-bond acceptors (Lipinski definition) is 12. The molecule has 6 rings (SSSR count). The first-order chi connectivity index (χ1) is 29.5. The number of carboxylic acid groups (broad SMARTS) is 1. The molecule has 0 unspecified atom stereocenters. The average molecular weight is 862 g/mol. The van der Waals surface area contributed by atoms with Crippen LogP contribution in [-0.2, 0) is 29.1 Å². The summed E-state index contributed by atoms with van der Waals surface area (Å²) >= 11 is 2.93. The molecule has 0 saturated heterocycles. The standard InChI is InChI=1S/C46H49FN8O4S2/c1-7-24-58-29-34-27-35(48-3)20-19-33(34)28-55(5,6)23-11-13-32-18-21-39(37(47)26-32)59-25-12-17-41(42(49-4)45(56)57)60-30-54-22-10-14-36-31(2)43(52-53-44(36)54)51-46-50-38-15-8-9-16-40(38)61-46/h1,8-9,15-16,18-21,26-27,48H,4,10,12,14,17,22-25,28-30H2,2-3,5-6H3,(H-,50,51,52,56,57)/p+1/b42-41-. The number of aliphatic imine (C=N–C) groups is 1. The molecule has 1 aliphatic rings. The van der Waals surface area contributed by atoms with Crippen LogP contribution in [0.15, 0.2) is 76.3 Å². The second kappa shape index (κ2) is 21.0. The fourth-order valence-electron chi connectivity index (χ4n) is 6.88. The van der Waals surface area contributed by atoms with E-state index >= 15 is 4.39 Å². The number of nitrogens with zero attached hydrogens (tertiary/aromatic N) is 6. The molecule has 316 valence electrons. The Bertz CT molecular complexity index is 2490. The van der Waals surface area contributed by atoms with E-state index in [9.17, 15) is 9.90 Å². The molecule has 61 heavy (non-hydrogen) atoms. The summed E-state index contributed by atoms with van der Waals surface area (Å²) in [5.41, 5.74) is 6.63. The number of anilines is 4. The van der Waals surface area contributed by atoms with Gasteiger partial charge in [0, 0.05) is 46.4 Å². The van der Waals surface area contributed by atoms with Crippen LogP contribution in [0.1, 0.15) is 47.1 Å². The molecule has 3 N–H and O–H groups in total. The molecule has 2 aromatic heterocycles. The molecule has 0 atom stereocenters. The summed E-state index contributed by atoms with van der Waals surface area (Å²) in [6, 6.07) is 18.8. The van der Waals surface area contributed by atoms with Gasteiger partial charge in [0.1, 0.15) is 19.7 Å². The highest BCUT2D eigenvalue weighted by atomic mass is 32.2. The number of carbonyl (C=O) groups is 1. The van der Waals surface area contributed by atoms with E-state index in [1.807, 2.05) is 44.3 Å². The molecule has 0 radical (unpaired) electrons. The molecule has 12 nitrogen and oxygen atoms in total. The molecule has 1 aliphatic heterocycles. The van der Waals surface area contributed by atoms with Gasteiger partial charge in [0.15, 0.2) is 34.0 Å². The first kappa shape index (κ1) is 44.6. The van der Waals surface area contributed by atoms with Crippen LogP contribution in [0, 0.1) is 36.9 Å². The smallest absolute Gasteiger partial charge is 0.355 e. The number of carboxylic acids is 1. The van der Waals surface area contributed by atoms with E-state index in [2.05, 4.69) is 86.4 Å². The number of aliphatic carboxylic acids is 1. The summed E-state index contributed by atoms with van der Waals surface area (Å²) < 4.78 is 28.3. The molecule has 5 aromatic rings. The van der Waals surface area contributed by atoms with E-state index < -0.39 is 11.8 Å². The van der Waals surface area contributed by atoms with Crippen LogP contribution in [0.3, 0.4) is 0 Å². The molecular formula is C46H50FN8O4S2+. The van der Waals surface area contributed by atoms with Crippen molar-refractivity contribution in [1.82, 2.24) is 15.2 Å². The van der Waals surface area contributed by atoms with Gasteiger partial charge in [-0.25, -0.2) is 14.2 Å². The van der Waals surface area contributed by atoms with Crippen molar-refractivity contribution in [2.24, 2.45) is 4.99 Å². The van der Waals surface area contributed by atoms with Gasteiger partial charge < -0.3 is 34.6 Å². The van der Waals surface area contributed by atoms with Crippen molar-refractivity contribution < 1.29 is 28.2 Å². The van der Waals surface area contributed by atoms with E-state index in [0.29, 0.717) is 59.2 Å². The number of aromatic nitrogens is 3. The van der Waals surface area contributed by atoms with E-state index in [0.717, 1.165) is 68.5 Å². The Morgan fingerprint density at radius 1 is 1.16 bits per heavy atom. The maximum atomic E-state index is 15.2. The fraction of sp³-hybridized carbons (Fsp3) is 0.326. The Morgan fingerprint density at radius 2 is 2.00 bits per heavy atom. The van der Waals surface area contributed by atoms with Crippen molar-refractivity contribution in [3.63, 3.8) is 0 Å². The lowest BCUT2D eigenvalue weighted by molar-refractivity contribution is -0.896. The maximum Gasteiger partial charge on any atom is 0.355 e. The Morgan fingerprint density at radius 3 is 2.75 bits per heavy atom. The first-order valence-electron chi connectivity index (χ1n) is 19.8. The Labute approximate surface area is 364 Å². The number of hydrogen-bond donors (Lipinski definition) is 3. The molecule has 15 heteroatoms. The summed E-state index contributed by atoms with van der Waals surface area (Å²) in [7, 11) is 6.06. The molecule has 3 aromatic carbocycles. The Hall–Kier alpha value is -5.97. The van der Waals surface area contributed by atoms with Gasteiger partial charge in [-0.1, -0.05) is 41.4 Å². The number of allylic oxidation sites excluding steroid dienone is 1. The summed E-state index contributed by atoms with van der Waals surface area (Å²) in [4.78, 5) is 23.4. The predicted molar refractivity (Wildman–Crippen MR) is 245 cm³/mol. The summed E-state index contributed by atoms with van der Waals surface area (Å²) in [6.45, 7) is 8.36. The monoisotopic (exact) mass is 861 g/mol. The SMILES string of the molecule is C#CCOCc1cc(NC)ccc1C[N+](C)(C)CC#Cc1ccc(OCCC/C(SCN2CCCc3c2nnc(Nc2nc4ccccc4s2)c3C)=C(/N=C)C(=O)O)c(F)c1. The third-order valence-electron chi connectivity index (χ3n) is 10.0. The van der Waals surface area contributed by atoms with Gasteiger partial charge in [-0.2, -0.15) is 0 Å². The Kier molecular flexibility index (Phi) is 15.4. The summed E-state index contributed by atoms with van der Waals surface area (Å²) in [6.07, 6.45) is 7.90. The number of terminal acetylenes is 1. The summed E-state index contributed by atoms with van der Waals surface area (Å²) in [5.74, 6) is 9.10. The largest absolute Gasteiger partial charge is 0.491 e. The van der Waals surface area contributed by atoms with Gasteiger partial charge in [-0.3, -0.25) is 4.99 Å². The molecule has 0 aliphatic carbocycles. The van der Waals surface area contributed by atoms with Gasteiger partial charge in [-0.15, -0.1) is 28.4 Å². The van der Waals surface area contributed by atoms with Crippen molar-refractivity contribution in [2.45, 2.75) is 45.8 Å². The van der Waals surface area contributed by atoms with Gasteiger partial charge in [0.25, 0.3) is 0 Å². The van der Waals surface area contributed by atoms with Crippen molar-refractivity contribution >= 4 is 68.5 Å². The zero-order chi connectivity index (χ0) is 43.4. The predicted octanol–water partition coefficient (Wildman–Crippen LogP) is 8.40. The minimum absolute atomic E-state index is 0.0978.